The Morgan fingerprint density at radius 2 is 1.95 bits per heavy atom. The highest BCUT2D eigenvalue weighted by molar-refractivity contribution is 6.33. The Morgan fingerprint density at radius 1 is 1.17 bits per heavy atom. The lowest BCUT2D eigenvalue weighted by Crippen LogP contribution is -2.43. The molecule has 1 aliphatic carbocycles. The quantitative estimate of drug-likeness (QED) is 0.233. The van der Waals surface area contributed by atoms with Crippen molar-refractivity contribution in [2.45, 2.75) is 76.6 Å². The first kappa shape index (κ1) is 30.1. The van der Waals surface area contributed by atoms with E-state index in [9.17, 15) is 5.26 Å². The van der Waals surface area contributed by atoms with Crippen molar-refractivity contribution >= 4 is 23.2 Å². The third-order valence-electron chi connectivity index (χ3n) is 8.10. The van der Waals surface area contributed by atoms with Gasteiger partial charge in [-0.15, -0.1) is 10.2 Å². The van der Waals surface area contributed by atoms with Crippen LogP contribution in [0.3, 0.4) is 0 Å². The predicted molar refractivity (Wildman–Crippen MR) is 160 cm³/mol. The maximum Gasteiger partial charge on any atom is 0.202 e. The zero-order valence-corrected chi connectivity index (χ0v) is 24.9. The number of nitrogens with zero attached hydrogens (tertiary/aromatic N) is 6. The summed E-state index contributed by atoms with van der Waals surface area (Å²) < 4.78 is 11.3. The van der Waals surface area contributed by atoms with E-state index in [2.05, 4.69) is 54.6 Å². The first-order valence-corrected chi connectivity index (χ1v) is 15.0. The number of hydrogen-bond acceptors (Lipinski definition) is 11. The molecule has 1 saturated heterocycles. The number of nitrogens with one attached hydrogen (secondary N) is 4. The average Bonchev–Trinajstić information content (AvgIpc) is 3.57. The van der Waals surface area contributed by atoms with Crippen LogP contribution >= 0.6 is 11.6 Å². The van der Waals surface area contributed by atoms with Crippen molar-refractivity contribution in [3.8, 4) is 17.3 Å². The van der Waals surface area contributed by atoms with E-state index in [0.29, 0.717) is 68.0 Å². The fraction of sp³-hybridized carbons (Fsp3) is 0.586. The minimum atomic E-state index is -0.434. The van der Waals surface area contributed by atoms with Gasteiger partial charge >= 0.3 is 0 Å². The second-order valence-corrected chi connectivity index (χ2v) is 11.7. The number of rotatable bonds is 12. The summed E-state index contributed by atoms with van der Waals surface area (Å²) in [7, 11) is 0. The number of hydrogen-bond donors (Lipinski definition) is 4. The van der Waals surface area contributed by atoms with Crippen LogP contribution in [-0.2, 0) is 9.47 Å². The number of anilines is 2. The average molecular weight is 595 g/mol. The molecule has 3 aromatic heterocycles. The van der Waals surface area contributed by atoms with Crippen molar-refractivity contribution in [2.75, 3.05) is 37.0 Å². The molecule has 0 aromatic carbocycles. The Bertz CT molecular complexity index is 1320. The van der Waals surface area contributed by atoms with Gasteiger partial charge in [-0.25, -0.2) is 9.97 Å². The minimum Gasteiger partial charge on any atom is -0.381 e. The van der Waals surface area contributed by atoms with E-state index in [1.165, 1.54) is 0 Å². The number of pyridine rings is 2. The van der Waals surface area contributed by atoms with Gasteiger partial charge in [0.1, 0.15) is 17.7 Å². The molecule has 0 amide bonds. The lowest BCUT2D eigenvalue weighted by atomic mass is 9.82. The van der Waals surface area contributed by atoms with Crippen LogP contribution in [0.25, 0.3) is 11.3 Å². The number of H-pyrrole nitrogens is 1. The van der Waals surface area contributed by atoms with Crippen LogP contribution in [0.1, 0.15) is 64.3 Å². The molecule has 2 unspecified atom stereocenters. The zero-order valence-electron chi connectivity index (χ0n) is 24.1. The largest absolute Gasteiger partial charge is 0.381 e. The van der Waals surface area contributed by atoms with Gasteiger partial charge in [0.2, 0.25) is 5.82 Å². The van der Waals surface area contributed by atoms with Gasteiger partial charge in [-0.3, -0.25) is 0 Å². The molecule has 1 aliphatic heterocycles. The fourth-order valence-electron chi connectivity index (χ4n) is 5.52. The second-order valence-electron chi connectivity index (χ2n) is 11.3. The van der Waals surface area contributed by atoms with Gasteiger partial charge in [0.25, 0.3) is 0 Å². The normalized spacial score (nSPS) is 21.7. The van der Waals surface area contributed by atoms with E-state index in [1.54, 1.807) is 6.20 Å². The van der Waals surface area contributed by atoms with E-state index in [0.717, 1.165) is 42.8 Å². The number of aromatic amines is 1. The lowest BCUT2D eigenvalue weighted by Gasteiger charge is -2.32. The number of nitriles is 1. The number of aromatic nitrogens is 6. The Balaban J connectivity index is 1.11. The third kappa shape index (κ3) is 7.92. The summed E-state index contributed by atoms with van der Waals surface area (Å²) in [5.74, 6) is 2.06. The van der Waals surface area contributed by atoms with Crippen LogP contribution in [0.2, 0.25) is 5.02 Å². The highest BCUT2D eigenvalue weighted by Gasteiger charge is 2.32. The summed E-state index contributed by atoms with van der Waals surface area (Å²) >= 11 is 6.57. The van der Waals surface area contributed by atoms with Crippen LogP contribution < -0.4 is 16.0 Å². The molecule has 0 spiro atoms. The van der Waals surface area contributed by atoms with Crippen molar-refractivity contribution in [3.63, 3.8) is 0 Å². The van der Waals surface area contributed by atoms with Gasteiger partial charge in [0, 0.05) is 49.6 Å². The Hall–Kier alpha value is -3.37. The molecule has 2 atom stereocenters. The van der Waals surface area contributed by atoms with Crippen molar-refractivity contribution in [2.24, 2.45) is 5.41 Å². The Morgan fingerprint density at radius 3 is 2.69 bits per heavy atom. The molecule has 5 rings (SSSR count). The first-order chi connectivity index (χ1) is 20.4. The Labute approximate surface area is 251 Å². The van der Waals surface area contributed by atoms with Gasteiger partial charge in [-0.2, -0.15) is 10.5 Å². The molecular formula is C29H39ClN10O2. The van der Waals surface area contributed by atoms with Gasteiger partial charge < -0.3 is 25.4 Å². The van der Waals surface area contributed by atoms with E-state index in [4.69, 9.17) is 26.1 Å². The molecule has 0 bridgehead atoms. The smallest absolute Gasteiger partial charge is 0.202 e. The van der Waals surface area contributed by atoms with E-state index in [-0.39, 0.29) is 12.1 Å². The van der Waals surface area contributed by atoms with Gasteiger partial charge in [-0.1, -0.05) is 22.9 Å². The van der Waals surface area contributed by atoms with Crippen LogP contribution in [0, 0.1) is 16.7 Å². The molecule has 42 heavy (non-hydrogen) atoms. The van der Waals surface area contributed by atoms with E-state index < -0.39 is 5.41 Å². The molecule has 12 nitrogen and oxygen atoms in total. The number of halogens is 1. The van der Waals surface area contributed by atoms with E-state index in [1.807, 2.05) is 31.2 Å². The second kappa shape index (κ2) is 14.2. The van der Waals surface area contributed by atoms with Gasteiger partial charge in [0.05, 0.1) is 28.8 Å². The van der Waals surface area contributed by atoms with Crippen molar-refractivity contribution in [1.29, 1.82) is 5.26 Å². The molecule has 1 saturated carbocycles. The summed E-state index contributed by atoms with van der Waals surface area (Å²) in [6.45, 7) is 6.39. The molecular weight excluding hydrogens is 556 g/mol. The Kier molecular flexibility index (Phi) is 10.2. The SMILES string of the molecule is CC(COC(C)c1nn[nH]n1)N[C@H]1CC[C@H](Nc2cc(-c3cccc(NCC4(C#N)CCOCC4)n3)c(Cl)cn2)CC1. The van der Waals surface area contributed by atoms with E-state index >= 15 is 0 Å². The zero-order chi connectivity index (χ0) is 29.4. The third-order valence-corrected chi connectivity index (χ3v) is 8.40. The van der Waals surface area contributed by atoms with Crippen LogP contribution in [0.5, 0.6) is 0 Å². The monoisotopic (exact) mass is 594 g/mol. The van der Waals surface area contributed by atoms with Crippen molar-refractivity contribution in [3.05, 3.63) is 41.3 Å². The summed E-state index contributed by atoms with van der Waals surface area (Å²) in [4.78, 5) is 9.34. The highest BCUT2D eigenvalue weighted by atomic mass is 35.5. The predicted octanol–water partition coefficient (Wildman–Crippen LogP) is 4.52. The molecule has 224 valence electrons. The number of tetrazole rings is 1. The maximum atomic E-state index is 9.76. The summed E-state index contributed by atoms with van der Waals surface area (Å²) in [5.41, 5.74) is 1.14. The minimum absolute atomic E-state index is 0.202. The standard InChI is InChI=1S/C29H39ClN10O2/c1-19(16-42-20(2)28-37-39-40-38-28)34-21-6-8-22(9-7-21)35-27-14-23(24(30)15-32-27)25-4-3-5-26(36-25)33-18-29(17-31)10-12-41-13-11-29/h3-5,14-15,19-22,34H,6-13,16,18H2,1-2H3,(H,32,35)(H,33,36)(H,37,38,39,40)/t19?,20?,21-,22-. The van der Waals surface area contributed by atoms with Crippen LogP contribution in [0.15, 0.2) is 30.5 Å². The number of ether oxygens (including phenoxy) is 2. The molecule has 4 N–H and O–H groups in total. The summed E-state index contributed by atoms with van der Waals surface area (Å²) in [6.07, 6.45) is 7.11. The van der Waals surface area contributed by atoms with Crippen LogP contribution in [-0.4, -0.2) is 75.1 Å². The molecule has 2 aliphatic rings. The highest BCUT2D eigenvalue weighted by Crippen LogP contribution is 2.32. The molecule has 13 heteroatoms. The molecule has 4 heterocycles. The topological polar surface area (TPSA) is 159 Å². The summed E-state index contributed by atoms with van der Waals surface area (Å²) in [5, 5.41) is 35.0. The van der Waals surface area contributed by atoms with Crippen LogP contribution in [0.4, 0.5) is 11.6 Å². The van der Waals surface area contributed by atoms with Gasteiger partial charge in [-0.05, 0) is 70.6 Å². The fourth-order valence-corrected chi connectivity index (χ4v) is 5.72. The molecule has 2 fully saturated rings. The maximum absolute atomic E-state index is 9.76. The summed E-state index contributed by atoms with van der Waals surface area (Å²) in [6, 6.07) is 11.3. The molecule has 0 radical (unpaired) electrons. The van der Waals surface area contributed by atoms with Gasteiger partial charge in [0.15, 0.2) is 0 Å². The van der Waals surface area contributed by atoms with Crippen molar-refractivity contribution in [1.82, 2.24) is 35.9 Å². The lowest BCUT2D eigenvalue weighted by molar-refractivity contribution is 0.0436. The van der Waals surface area contributed by atoms with Crippen molar-refractivity contribution < 1.29 is 9.47 Å². The molecule has 3 aromatic rings. The first-order valence-electron chi connectivity index (χ1n) is 14.7.